The van der Waals surface area contributed by atoms with Crippen LogP contribution >= 0.6 is 0 Å². The van der Waals surface area contributed by atoms with E-state index in [9.17, 15) is 9.90 Å². The van der Waals surface area contributed by atoms with E-state index in [1.165, 1.54) is 0 Å². The Morgan fingerprint density at radius 2 is 2.08 bits per heavy atom. The molecule has 1 atom stereocenters. The van der Waals surface area contributed by atoms with Crippen molar-refractivity contribution >= 4 is 5.97 Å². The second kappa shape index (κ2) is 7.93. The smallest absolute Gasteiger partial charge is 0.307 e. The number of piperidine rings is 1. The number of nitrogens with zero attached hydrogens (tertiary/aromatic N) is 2. The van der Waals surface area contributed by atoms with Crippen molar-refractivity contribution < 1.29 is 14.6 Å². The summed E-state index contributed by atoms with van der Waals surface area (Å²) in [6, 6.07) is 12.0. The molecule has 1 unspecified atom stereocenters. The zero-order valence-electron chi connectivity index (χ0n) is 13.6. The average Bonchev–Trinajstić information content (AvgIpc) is 2.61. The van der Waals surface area contributed by atoms with E-state index in [1.807, 2.05) is 42.6 Å². The summed E-state index contributed by atoms with van der Waals surface area (Å²) in [7, 11) is 0. The number of carboxylic acid groups (broad SMARTS) is 1. The van der Waals surface area contributed by atoms with E-state index in [0.717, 1.165) is 36.3 Å². The van der Waals surface area contributed by atoms with Crippen molar-refractivity contribution in [3.63, 3.8) is 0 Å². The lowest BCUT2D eigenvalue weighted by atomic mass is 9.98. The molecule has 126 valence electrons. The molecule has 2 heterocycles. The molecule has 2 aromatic rings. The van der Waals surface area contributed by atoms with Gasteiger partial charge in [0.05, 0.1) is 12.1 Å². The van der Waals surface area contributed by atoms with E-state index < -0.39 is 5.97 Å². The summed E-state index contributed by atoms with van der Waals surface area (Å²) in [5.41, 5.74) is 2.16. The number of carbonyl (C=O) groups is 1. The van der Waals surface area contributed by atoms with Gasteiger partial charge in [0, 0.05) is 19.3 Å². The highest BCUT2D eigenvalue weighted by Gasteiger charge is 2.25. The van der Waals surface area contributed by atoms with E-state index in [1.54, 1.807) is 6.20 Å². The van der Waals surface area contributed by atoms with Gasteiger partial charge in [0.1, 0.15) is 12.4 Å². The van der Waals surface area contributed by atoms with Crippen molar-refractivity contribution in [1.82, 2.24) is 9.88 Å². The molecule has 1 fully saturated rings. The lowest BCUT2D eigenvalue weighted by molar-refractivity contribution is -0.143. The van der Waals surface area contributed by atoms with Crippen LogP contribution in [0.4, 0.5) is 0 Å². The van der Waals surface area contributed by atoms with E-state index in [0.29, 0.717) is 19.7 Å². The van der Waals surface area contributed by atoms with Crippen LogP contribution in [0.15, 0.2) is 48.8 Å². The quantitative estimate of drug-likeness (QED) is 0.884. The average molecular weight is 326 g/mol. The molecule has 0 aliphatic carbocycles. The summed E-state index contributed by atoms with van der Waals surface area (Å²) in [6.45, 7) is 2.75. The van der Waals surface area contributed by atoms with Crippen molar-refractivity contribution in [3.05, 3.63) is 59.9 Å². The number of hydrogen-bond acceptors (Lipinski definition) is 4. The van der Waals surface area contributed by atoms with Crippen LogP contribution in [0.3, 0.4) is 0 Å². The number of carboxylic acids is 1. The maximum atomic E-state index is 11.2. The highest BCUT2D eigenvalue weighted by Crippen LogP contribution is 2.20. The van der Waals surface area contributed by atoms with E-state index in [4.69, 9.17) is 4.74 Å². The van der Waals surface area contributed by atoms with Gasteiger partial charge in [-0.1, -0.05) is 30.3 Å². The first-order chi connectivity index (χ1) is 11.7. The van der Waals surface area contributed by atoms with E-state index in [-0.39, 0.29) is 5.92 Å². The van der Waals surface area contributed by atoms with Crippen molar-refractivity contribution in [2.45, 2.75) is 26.0 Å². The molecule has 0 amide bonds. The Labute approximate surface area is 141 Å². The second-order valence-corrected chi connectivity index (χ2v) is 6.22. The molecule has 3 rings (SSSR count). The molecule has 5 nitrogen and oxygen atoms in total. The zero-order chi connectivity index (χ0) is 16.8. The number of aliphatic carboxylic acids is 1. The van der Waals surface area contributed by atoms with Crippen LogP contribution in [0, 0.1) is 5.92 Å². The van der Waals surface area contributed by atoms with Gasteiger partial charge in [-0.3, -0.25) is 14.7 Å². The van der Waals surface area contributed by atoms with Crippen molar-refractivity contribution in [2.75, 3.05) is 13.1 Å². The maximum absolute atomic E-state index is 11.2. The minimum Gasteiger partial charge on any atom is -0.487 e. The number of aromatic nitrogens is 1. The third kappa shape index (κ3) is 4.55. The molecule has 0 spiro atoms. The van der Waals surface area contributed by atoms with Crippen LogP contribution in [0.25, 0.3) is 0 Å². The summed E-state index contributed by atoms with van der Waals surface area (Å²) in [5, 5.41) is 9.19. The van der Waals surface area contributed by atoms with Crippen molar-refractivity contribution in [2.24, 2.45) is 5.92 Å². The number of rotatable bonds is 6. The lowest BCUT2D eigenvalue weighted by Gasteiger charge is -2.30. The Morgan fingerprint density at radius 3 is 2.88 bits per heavy atom. The zero-order valence-corrected chi connectivity index (χ0v) is 13.6. The third-order valence-electron chi connectivity index (χ3n) is 4.28. The van der Waals surface area contributed by atoms with Gasteiger partial charge in [-0.25, -0.2) is 0 Å². The van der Waals surface area contributed by atoms with Crippen LogP contribution in [0.5, 0.6) is 5.75 Å². The molecule has 1 aliphatic heterocycles. The predicted molar refractivity (Wildman–Crippen MR) is 90.6 cm³/mol. The normalized spacial score (nSPS) is 18.2. The van der Waals surface area contributed by atoms with Gasteiger partial charge >= 0.3 is 5.97 Å². The van der Waals surface area contributed by atoms with Gasteiger partial charge in [-0.2, -0.15) is 0 Å². The topological polar surface area (TPSA) is 62.7 Å². The molecule has 0 bridgehead atoms. The third-order valence-corrected chi connectivity index (χ3v) is 4.28. The molecular formula is C19H22N2O3. The molecule has 0 radical (unpaired) electrons. The standard InChI is InChI=1S/C19H22N2O3/c22-19(23)17-7-4-8-21(13-17)12-16-9-18(11-20-10-16)24-14-15-5-2-1-3-6-15/h1-3,5-6,9-11,17H,4,7-8,12-14H2,(H,22,23). The van der Waals surface area contributed by atoms with Gasteiger partial charge in [0.25, 0.3) is 0 Å². The fraction of sp³-hybridized carbons (Fsp3) is 0.368. The molecule has 5 heteroatoms. The Kier molecular flexibility index (Phi) is 5.43. The Bertz CT molecular complexity index is 675. The fourth-order valence-electron chi connectivity index (χ4n) is 3.03. The van der Waals surface area contributed by atoms with Crippen LogP contribution < -0.4 is 4.74 Å². The number of pyridine rings is 1. The number of hydrogen-bond donors (Lipinski definition) is 1. The summed E-state index contributed by atoms with van der Waals surface area (Å²) in [5.74, 6) is -0.217. The van der Waals surface area contributed by atoms with E-state index in [2.05, 4.69) is 9.88 Å². The Balaban J connectivity index is 1.58. The van der Waals surface area contributed by atoms with Gasteiger partial charge in [0.15, 0.2) is 0 Å². The van der Waals surface area contributed by atoms with Crippen LogP contribution in [-0.2, 0) is 17.9 Å². The second-order valence-electron chi connectivity index (χ2n) is 6.22. The van der Waals surface area contributed by atoms with Crippen LogP contribution in [-0.4, -0.2) is 34.0 Å². The maximum Gasteiger partial charge on any atom is 0.307 e. The highest BCUT2D eigenvalue weighted by molar-refractivity contribution is 5.70. The van der Waals surface area contributed by atoms with Gasteiger partial charge in [0.2, 0.25) is 0 Å². The molecule has 1 saturated heterocycles. The Morgan fingerprint density at radius 1 is 1.25 bits per heavy atom. The SMILES string of the molecule is O=C(O)C1CCCN(Cc2cncc(OCc3ccccc3)c2)C1. The predicted octanol–water partition coefficient (Wildman–Crippen LogP) is 2.96. The number of ether oxygens (including phenoxy) is 1. The molecule has 24 heavy (non-hydrogen) atoms. The van der Waals surface area contributed by atoms with Crippen molar-refractivity contribution in [3.8, 4) is 5.75 Å². The number of likely N-dealkylation sites (tertiary alicyclic amines) is 1. The molecule has 1 N–H and O–H groups in total. The Hall–Kier alpha value is -2.40. The minimum absolute atomic E-state index is 0.260. The number of benzene rings is 1. The van der Waals surface area contributed by atoms with Crippen molar-refractivity contribution in [1.29, 1.82) is 0 Å². The first-order valence-electron chi connectivity index (χ1n) is 8.26. The van der Waals surface area contributed by atoms with Crippen LogP contribution in [0.1, 0.15) is 24.0 Å². The molecule has 0 saturated carbocycles. The van der Waals surface area contributed by atoms with E-state index >= 15 is 0 Å². The van der Waals surface area contributed by atoms with Gasteiger partial charge in [-0.05, 0) is 36.6 Å². The molecule has 1 aromatic heterocycles. The minimum atomic E-state index is -0.697. The summed E-state index contributed by atoms with van der Waals surface area (Å²) in [4.78, 5) is 17.6. The lowest BCUT2D eigenvalue weighted by Crippen LogP contribution is -2.38. The summed E-state index contributed by atoms with van der Waals surface area (Å²) >= 11 is 0. The van der Waals surface area contributed by atoms with Gasteiger partial charge in [-0.15, -0.1) is 0 Å². The fourth-order valence-corrected chi connectivity index (χ4v) is 3.03. The summed E-state index contributed by atoms with van der Waals surface area (Å²) < 4.78 is 5.81. The largest absolute Gasteiger partial charge is 0.487 e. The molecular weight excluding hydrogens is 304 g/mol. The summed E-state index contributed by atoms with van der Waals surface area (Å²) in [6.07, 6.45) is 5.22. The monoisotopic (exact) mass is 326 g/mol. The molecule has 1 aromatic carbocycles. The first-order valence-corrected chi connectivity index (χ1v) is 8.26. The molecule has 1 aliphatic rings. The van der Waals surface area contributed by atoms with Crippen LogP contribution in [0.2, 0.25) is 0 Å². The first kappa shape index (κ1) is 16.5. The van der Waals surface area contributed by atoms with Gasteiger partial charge < -0.3 is 9.84 Å². The highest BCUT2D eigenvalue weighted by atomic mass is 16.5.